The lowest BCUT2D eigenvalue weighted by molar-refractivity contribution is -0.145. The second kappa shape index (κ2) is 9.62. The van der Waals surface area contributed by atoms with Gasteiger partial charge >= 0.3 is 5.97 Å². The molecule has 0 bridgehead atoms. The zero-order valence-electron chi connectivity index (χ0n) is 17.5. The van der Waals surface area contributed by atoms with Crippen LogP contribution in [0.1, 0.15) is 22.2 Å². The highest BCUT2D eigenvalue weighted by atomic mass is 32.1. The van der Waals surface area contributed by atoms with Crippen molar-refractivity contribution >= 4 is 23.1 Å². The predicted molar refractivity (Wildman–Crippen MR) is 127 cm³/mol. The van der Waals surface area contributed by atoms with Crippen LogP contribution in [0.2, 0.25) is 0 Å². The van der Waals surface area contributed by atoms with Gasteiger partial charge in [-0.1, -0.05) is 66.7 Å². The maximum atomic E-state index is 11.6. The van der Waals surface area contributed by atoms with Gasteiger partial charge in [-0.3, -0.25) is 4.79 Å². The summed E-state index contributed by atoms with van der Waals surface area (Å²) in [4.78, 5) is 25.0. The monoisotopic (exact) mass is 442 g/mol. The first-order valence-corrected chi connectivity index (χ1v) is 11.1. The summed E-state index contributed by atoms with van der Waals surface area (Å²) in [6.07, 6.45) is -0.652. The Bertz CT molecular complexity index is 1210. The number of carbonyl (C=O) groups excluding carboxylic acids is 1. The van der Waals surface area contributed by atoms with Gasteiger partial charge in [0.15, 0.2) is 11.9 Å². The highest BCUT2D eigenvalue weighted by Gasteiger charge is 2.20. The van der Waals surface area contributed by atoms with Crippen LogP contribution in [0.4, 0.5) is 0 Å². The Morgan fingerprint density at radius 2 is 1.41 bits per heavy atom. The molecule has 4 rings (SSSR count). The molecule has 3 aromatic carbocycles. The summed E-state index contributed by atoms with van der Waals surface area (Å²) in [6.45, 7) is 1.58. The Morgan fingerprint density at radius 1 is 0.812 bits per heavy atom. The topological polar surface area (TPSA) is 63.6 Å². The molecule has 5 heteroatoms. The van der Waals surface area contributed by atoms with E-state index in [0.29, 0.717) is 12.2 Å². The van der Waals surface area contributed by atoms with Crippen molar-refractivity contribution < 1.29 is 19.4 Å². The van der Waals surface area contributed by atoms with Gasteiger partial charge in [-0.2, -0.15) is 0 Å². The molecule has 1 aromatic heterocycles. The largest absolute Gasteiger partial charge is 0.478 e. The fourth-order valence-corrected chi connectivity index (χ4v) is 4.31. The molecule has 0 fully saturated rings. The minimum Gasteiger partial charge on any atom is -0.478 e. The molecule has 1 unspecified atom stereocenters. The summed E-state index contributed by atoms with van der Waals surface area (Å²) in [5.41, 5.74) is 4.03. The molecule has 0 aliphatic heterocycles. The van der Waals surface area contributed by atoms with Gasteiger partial charge in [0, 0.05) is 11.3 Å². The minimum absolute atomic E-state index is 0.0779. The highest BCUT2D eigenvalue weighted by Crippen LogP contribution is 2.31. The van der Waals surface area contributed by atoms with Crippen molar-refractivity contribution in [3.05, 3.63) is 101 Å². The molecule has 1 heterocycles. The molecule has 1 N–H and O–H groups in total. The number of carbonyl (C=O) groups is 2. The number of carboxylic acid groups (broad SMARTS) is 1. The maximum absolute atomic E-state index is 11.6. The quantitative estimate of drug-likeness (QED) is 0.323. The molecule has 4 nitrogen and oxygen atoms in total. The van der Waals surface area contributed by atoms with E-state index in [1.807, 2.05) is 78.9 Å². The molecule has 160 valence electrons. The van der Waals surface area contributed by atoms with E-state index in [0.717, 1.165) is 32.0 Å². The van der Waals surface area contributed by atoms with Crippen LogP contribution in [0.3, 0.4) is 0 Å². The Balaban J connectivity index is 1.45. The van der Waals surface area contributed by atoms with Gasteiger partial charge in [0.05, 0.1) is 4.88 Å². The first-order chi connectivity index (χ1) is 15.5. The van der Waals surface area contributed by atoms with Crippen molar-refractivity contribution in [1.82, 2.24) is 0 Å². The van der Waals surface area contributed by atoms with Crippen LogP contribution in [0, 0.1) is 0 Å². The summed E-state index contributed by atoms with van der Waals surface area (Å²) in [5.74, 6) is -0.395. The first kappa shape index (κ1) is 21.5. The number of Topliss-reactive ketones (excluding diaryl/α,β-unsaturated/α-hetero) is 1. The van der Waals surface area contributed by atoms with Crippen molar-refractivity contribution in [2.45, 2.75) is 19.4 Å². The fraction of sp³-hybridized carbons (Fsp3) is 0.111. The van der Waals surface area contributed by atoms with Crippen molar-refractivity contribution in [3.63, 3.8) is 0 Å². The van der Waals surface area contributed by atoms with E-state index in [1.165, 1.54) is 11.3 Å². The number of ketones is 1. The van der Waals surface area contributed by atoms with Gasteiger partial charge in [0.25, 0.3) is 0 Å². The molecular formula is C27H22O4S. The standard InChI is InChI=1S/C27H22O4S/c1-18(28)25-15-16-26(32-25)22-9-7-20(8-10-22)21-11-13-23(14-12-21)31-24(27(29)30)17-19-5-3-2-4-6-19/h2-16,24H,17H2,1H3,(H,29,30). The van der Waals surface area contributed by atoms with E-state index < -0.39 is 12.1 Å². The Morgan fingerprint density at radius 3 is 1.97 bits per heavy atom. The normalized spacial score (nSPS) is 11.7. The molecule has 0 radical (unpaired) electrons. The van der Waals surface area contributed by atoms with Crippen LogP contribution in [-0.2, 0) is 11.2 Å². The van der Waals surface area contributed by atoms with E-state index in [4.69, 9.17) is 4.74 Å². The molecule has 32 heavy (non-hydrogen) atoms. The van der Waals surface area contributed by atoms with Crippen LogP contribution in [0.25, 0.3) is 21.6 Å². The van der Waals surface area contributed by atoms with E-state index in [2.05, 4.69) is 0 Å². The summed E-state index contributed by atoms with van der Waals surface area (Å²) in [5, 5.41) is 9.54. The summed E-state index contributed by atoms with van der Waals surface area (Å²) in [7, 11) is 0. The first-order valence-electron chi connectivity index (χ1n) is 10.2. The van der Waals surface area contributed by atoms with Gasteiger partial charge in [-0.15, -0.1) is 11.3 Å². The average Bonchev–Trinajstić information content (AvgIpc) is 3.31. The van der Waals surface area contributed by atoms with Crippen molar-refractivity contribution in [2.75, 3.05) is 0 Å². The number of aliphatic carboxylic acids is 1. The number of rotatable bonds is 8. The van der Waals surface area contributed by atoms with Crippen molar-refractivity contribution in [1.29, 1.82) is 0 Å². The molecule has 0 amide bonds. The second-order valence-corrected chi connectivity index (χ2v) is 8.54. The Kier molecular flexibility index (Phi) is 6.47. The number of thiophene rings is 1. The fourth-order valence-electron chi connectivity index (χ4n) is 3.41. The molecule has 0 saturated heterocycles. The molecular weight excluding hydrogens is 420 g/mol. The molecule has 0 aliphatic carbocycles. The SMILES string of the molecule is CC(=O)c1ccc(-c2ccc(-c3ccc(OC(Cc4ccccc4)C(=O)O)cc3)cc2)s1. The van der Waals surface area contributed by atoms with Crippen LogP contribution in [0.5, 0.6) is 5.75 Å². The average molecular weight is 443 g/mol. The van der Waals surface area contributed by atoms with Crippen LogP contribution >= 0.6 is 11.3 Å². The van der Waals surface area contributed by atoms with Gasteiger partial charge in [0.2, 0.25) is 0 Å². The van der Waals surface area contributed by atoms with Crippen LogP contribution < -0.4 is 4.74 Å². The van der Waals surface area contributed by atoms with Gasteiger partial charge in [-0.25, -0.2) is 4.79 Å². The lowest BCUT2D eigenvalue weighted by Gasteiger charge is -2.15. The van der Waals surface area contributed by atoms with Gasteiger partial charge in [-0.05, 0) is 53.4 Å². The van der Waals surface area contributed by atoms with E-state index in [9.17, 15) is 14.7 Å². The molecule has 0 spiro atoms. The summed E-state index contributed by atoms with van der Waals surface area (Å²) < 4.78 is 5.74. The third kappa shape index (κ3) is 5.13. The molecule has 1 atom stereocenters. The van der Waals surface area contributed by atoms with Gasteiger partial charge < -0.3 is 9.84 Å². The molecule has 4 aromatic rings. The number of benzene rings is 3. The van der Waals surface area contributed by atoms with Crippen LogP contribution in [0.15, 0.2) is 91.0 Å². The predicted octanol–water partition coefficient (Wildman–Crippen LogP) is 6.36. The third-order valence-electron chi connectivity index (χ3n) is 5.13. The summed E-state index contributed by atoms with van der Waals surface area (Å²) in [6, 6.07) is 28.9. The Labute approximate surface area is 190 Å². The second-order valence-electron chi connectivity index (χ2n) is 7.46. The number of carboxylic acids is 1. The molecule has 0 aliphatic rings. The van der Waals surface area contributed by atoms with E-state index in [-0.39, 0.29) is 5.78 Å². The third-order valence-corrected chi connectivity index (χ3v) is 6.36. The number of hydrogen-bond acceptors (Lipinski definition) is 4. The van der Waals surface area contributed by atoms with E-state index >= 15 is 0 Å². The van der Waals surface area contributed by atoms with Crippen molar-refractivity contribution in [2.24, 2.45) is 0 Å². The zero-order valence-corrected chi connectivity index (χ0v) is 18.3. The lowest BCUT2D eigenvalue weighted by Crippen LogP contribution is -2.29. The van der Waals surface area contributed by atoms with Gasteiger partial charge in [0.1, 0.15) is 5.75 Å². The lowest BCUT2D eigenvalue weighted by atomic mass is 10.0. The number of ether oxygens (including phenoxy) is 1. The Hall–Kier alpha value is -3.70. The van der Waals surface area contributed by atoms with Crippen molar-refractivity contribution in [3.8, 4) is 27.3 Å². The summed E-state index contributed by atoms with van der Waals surface area (Å²) >= 11 is 1.49. The highest BCUT2D eigenvalue weighted by molar-refractivity contribution is 7.17. The zero-order chi connectivity index (χ0) is 22.5. The maximum Gasteiger partial charge on any atom is 0.345 e. The smallest absolute Gasteiger partial charge is 0.345 e. The van der Waals surface area contributed by atoms with Crippen LogP contribution in [-0.4, -0.2) is 23.0 Å². The minimum atomic E-state index is -0.991. The molecule has 0 saturated carbocycles. The number of hydrogen-bond donors (Lipinski definition) is 1. The van der Waals surface area contributed by atoms with E-state index in [1.54, 1.807) is 19.1 Å².